The molecule has 2 N–H and O–H groups in total. The van der Waals surface area contributed by atoms with Gasteiger partial charge in [0.25, 0.3) is 0 Å². The van der Waals surface area contributed by atoms with Crippen LogP contribution in [0.5, 0.6) is 0 Å². The summed E-state index contributed by atoms with van der Waals surface area (Å²) in [6, 6.07) is 12.8. The van der Waals surface area contributed by atoms with E-state index >= 15 is 0 Å². The fourth-order valence-corrected chi connectivity index (χ4v) is 1.87. The summed E-state index contributed by atoms with van der Waals surface area (Å²) in [5, 5.41) is 12.9. The van der Waals surface area contributed by atoms with Gasteiger partial charge >= 0.3 is 0 Å². The van der Waals surface area contributed by atoms with Gasteiger partial charge in [-0.3, -0.25) is 0 Å². The molecule has 2 aromatic heterocycles. The maximum absolute atomic E-state index is 5.95. The number of halogens is 1. The molecule has 0 fully saturated rings. The van der Waals surface area contributed by atoms with E-state index in [2.05, 4.69) is 15.3 Å². The molecule has 3 aromatic rings. The topological polar surface area (TPSA) is 69.6 Å². The van der Waals surface area contributed by atoms with E-state index < -0.39 is 0 Å². The second-order valence-corrected chi connectivity index (χ2v) is 4.39. The summed E-state index contributed by atoms with van der Waals surface area (Å²) in [4.78, 5) is 0. The fraction of sp³-hybridized carbons (Fsp3) is 0. The zero-order chi connectivity index (χ0) is 13.2. The van der Waals surface area contributed by atoms with Crippen molar-refractivity contribution in [1.29, 1.82) is 0 Å². The molecule has 0 aliphatic carbocycles. The summed E-state index contributed by atoms with van der Waals surface area (Å²) in [5.74, 6) is 1.09. The summed E-state index contributed by atoms with van der Waals surface area (Å²) in [7, 11) is 0. The van der Waals surface area contributed by atoms with Crippen LogP contribution in [0.25, 0.3) is 17.1 Å². The van der Waals surface area contributed by atoms with Crippen molar-refractivity contribution < 1.29 is 0 Å². The lowest BCUT2D eigenvalue weighted by atomic mass is 10.1. The highest BCUT2D eigenvalue weighted by Gasteiger charge is 2.09. The molecule has 2 heterocycles. The SMILES string of the molecule is Nc1cc(-c2ccc(Cl)cc2)nn1-c1cccnn1. The largest absolute Gasteiger partial charge is 0.384 e. The van der Waals surface area contributed by atoms with Gasteiger partial charge in [-0.2, -0.15) is 14.9 Å². The Bertz CT molecular complexity index is 691. The minimum absolute atomic E-state index is 0.505. The Morgan fingerprint density at radius 3 is 2.58 bits per heavy atom. The highest BCUT2D eigenvalue weighted by Crippen LogP contribution is 2.23. The Morgan fingerprint density at radius 1 is 1.11 bits per heavy atom. The molecule has 0 saturated carbocycles. The first-order chi connectivity index (χ1) is 9.24. The summed E-state index contributed by atoms with van der Waals surface area (Å²) in [5.41, 5.74) is 7.65. The minimum atomic E-state index is 0.505. The fourth-order valence-electron chi connectivity index (χ4n) is 1.75. The number of benzene rings is 1. The van der Waals surface area contributed by atoms with Gasteiger partial charge < -0.3 is 5.73 Å². The zero-order valence-electron chi connectivity index (χ0n) is 9.86. The van der Waals surface area contributed by atoms with Crippen LogP contribution in [0, 0.1) is 0 Å². The molecule has 94 valence electrons. The molecule has 0 aliphatic heterocycles. The molecule has 3 rings (SSSR count). The minimum Gasteiger partial charge on any atom is -0.384 e. The molecule has 0 amide bonds. The van der Waals surface area contributed by atoms with E-state index in [0.717, 1.165) is 11.3 Å². The molecule has 6 heteroatoms. The summed E-state index contributed by atoms with van der Waals surface area (Å²) < 4.78 is 1.55. The Kier molecular flexibility index (Phi) is 2.89. The third-order valence-corrected chi connectivity index (χ3v) is 2.90. The van der Waals surface area contributed by atoms with Crippen molar-refractivity contribution in [2.24, 2.45) is 0 Å². The van der Waals surface area contributed by atoms with E-state index in [1.54, 1.807) is 29.1 Å². The number of rotatable bonds is 2. The molecule has 0 saturated heterocycles. The first-order valence-corrected chi connectivity index (χ1v) is 6.01. The Balaban J connectivity index is 2.04. The lowest BCUT2D eigenvalue weighted by Gasteiger charge is -2.00. The highest BCUT2D eigenvalue weighted by molar-refractivity contribution is 6.30. The smallest absolute Gasteiger partial charge is 0.177 e. The van der Waals surface area contributed by atoms with Crippen molar-refractivity contribution in [3.05, 3.63) is 53.7 Å². The van der Waals surface area contributed by atoms with Crippen molar-refractivity contribution in [2.45, 2.75) is 0 Å². The van der Waals surface area contributed by atoms with Gasteiger partial charge in [-0.05, 0) is 24.3 Å². The molecular weight excluding hydrogens is 262 g/mol. The lowest BCUT2D eigenvalue weighted by Crippen LogP contribution is -2.04. The van der Waals surface area contributed by atoms with Crippen molar-refractivity contribution in [1.82, 2.24) is 20.0 Å². The van der Waals surface area contributed by atoms with Gasteiger partial charge in [-0.25, -0.2) is 0 Å². The standard InChI is InChI=1S/C13H10ClN5/c14-10-5-3-9(4-6-10)11-8-12(15)19(18-11)13-2-1-7-16-17-13/h1-8H,15H2. The Morgan fingerprint density at radius 2 is 1.89 bits per heavy atom. The second kappa shape index (κ2) is 4.70. The molecule has 0 unspecified atom stereocenters. The van der Waals surface area contributed by atoms with E-state index in [1.807, 2.05) is 24.3 Å². The van der Waals surface area contributed by atoms with Gasteiger partial charge in [0.2, 0.25) is 0 Å². The molecule has 0 bridgehead atoms. The van der Waals surface area contributed by atoms with E-state index in [9.17, 15) is 0 Å². The third kappa shape index (κ3) is 2.28. The normalized spacial score (nSPS) is 10.6. The number of nitrogens with two attached hydrogens (primary N) is 1. The van der Waals surface area contributed by atoms with E-state index in [4.69, 9.17) is 17.3 Å². The first kappa shape index (κ1) is 11.7. The molecular formula is C13H10ClN5. The number of hydrogen-bond acceptors (Lipinski definition) is 4. The Labute approximate surface area is 114 Å². The number of hydrogen-bond donors (Lipinski definition) is 1. The average Bonchev–Trinajstić information content (AvgIpc) is 2.83. The molecule has 0 spiro atoms. The molecule has 19 heavy (non-hydrogen) atoms. The quantitative estimate of drug-likeness (QED) is 0.778. The van der Waals surface area contributed by atoms with Crippen LogP contribution >= 0.6 is 11.6 Å². The van der Waals surface area contributed by atoms with Crippen LogP contribution in [-0.4, -0.2) is 20.0 Å². The van der Waals surface area contributed by atoms with E-state index in [0.29, 0.717) is 16.7 Å². The lowest BCUT2D eigenvalue weighted by molar-refractivity contribution is 0.825. The summed E-state index contributed by atoms with van der Waals surface area (Å²) in [6.07, 6.45) is 1.60. The van der Waals surface area contributed by atoms with Crippen LogP contribution in [0.4, 0.5) is 5.82 Å². The van der Waals surface area contributed by atoms with Crippen molar-refractivity contribution in [3.63, 3.8) is 0 Å². The molecule has 5 nitrogen and oxygen atoms in total. The third-order valence-electron chi connectivity index (χ3n) is 2.65. The van der Waals surface area contributed by atoms with Crippen LogP contribution in [0.2, 0.25) is 5.02 Å². The second-order valence-electron chi connectivity index (χ2n) is 3.95. The van der Waals surface area contributed by atoms with Crippen LogP contribution < -0.4 is 5.73 Å². The molecule has 1 aromatic carbocycles. The van der Waals surface area contributed by atoms with Gasteiger partial charge in [0.1, 0.15) is 5.82 Å². The highest BCUT2D eigenvalue weighted by atomic mass is 35.5. The van der Waals surface area contributed by atoms with Gasteiger partial charge in [0, 0.05) is 22.8 Å². The van der Waals surface area contributed by atoms with Gasteiger partial charge in [0.15, 0.2) is 5.82 Å². The van der Waals surface area contributed by atoms with E-state index in [-0.39, 0.29) is 0 Å². The maximum atomic E-state index is 5.95. The first-order valence-electron chi connectivity index (χ1n) is 5.63. The van der Waals surface area contributed by atoms with E-state index in [1.165, 1.54) is 0 Å². The zero-order valence-corrected chi connectivity index (χ0v) is 10.6. The molecule has 0 atom stereocenters. The summed E-state index contributed by atoms with van der Waals surface area (Å²) >= 11 is 5.86. The Hall–Kier alpha value is -2.40. The van der Waals surface area contributed by atoms with Crippen LogP contribution in [0.3, 0.4) is 0 Å². The van der Waals surface area contributed by atoms with Gasteiger partial charge in [0.05, 0.1) is 5.69 Å². The van der Waals surface area contributed by atoms with Crippen molar-refractivity contribution in [3.8, 4) is 17.1 Å². The monoisotopic (exact) mass is 271 g/mol. The van der Waals surface area contributed by atoms with Crippen molar-refractivity contribution in [2.75, 3.05) is 5.73 Å². The van der Waals surface area contributed by atoms with Crippen molar-refractivity contribution >= 4 is 17.4 Å². The predicted octanol–water partition coefficient (Wildman–Crippen LogP) is 2.56. The molecule has 0 radical (unpaired) electrons. The average molecular weight is 272 g/mol. The summed E-state index contributed by atoms with van der Waals surface area (Å²) in [6.45, 7) is 0. The van der Waals surface area contributed by atoms with Gasteiger partial charge in [-0.15, -0.1) is 5.10 Å². The molecule has 0 aliphatic rings. The van der Waals surface area contributed by atoms with Crippen LogP contribution in [0.15, 0.2) is 48.7 Å². The van der Waals surface area contributed by atoms with Gasteiger partial charge in [-0.1, -0.05) is 23.7 Å². The number of nitrogen functional groups attached to an aromatic ring is 1. The predicted molar refractivity (Wildman–Crippen MR) is 74.0 cm³/mol. The van der Waals surface area contributed by atoms with Crippen LogP contribution in [0.1, 0.15) is 0 Å². The van der Waals surface area contributed by atoms with Crippen LogP contribution in [-0.2, 0) is 0 Å². The number of aromatic nitrogens is 4. The number of anilines is 1. The number of nitrogens with zero attached hydrogens (tertiary/aromatic N) is 4. The maximum Gasteiger partial charge on any atom is 0.177 e.